The zero-order valence-electron chi connectivity index (χ0n) is 15.3. The summed E-state index contributed by atoms with van der Waals surface area (Å²) in [5.41, 5.74) is 0. The molecule has 0 bridgehead atoms. The summed E-state index contributed by atoms with van der Waals surface area (Å²) in [4.78, 5) is 39.8. The maximum atomic E-state index is 12.8. The number of rotatable bonds is 5. The van der Waals surface area contributed by atoms with Crippen LogP contribution in [0.4, 0.5) is 0 Å². The third kappa shape index (κ3) is 3.80. The minimum atomic E-state index is -0.771. The molecular weight excluding hydrogens is 318 g/mol. The highest BCUT2D eigenvalue weighted by Crippen LogP contribution is 2.37. The van der Waals surface area contributed by atoms with Crippen LogP contribution < -0.4 is 0 Å². The summed E-state index contributed by atoms with van der Waals surface area (Å²) in [6, 6.07) is -0.771. The van der Waals surface area contributed by atoms with Gasteiger partial charge in [-0.25, -0.2) is 4.79 Å². The Bertz CT molecular complexity index is 536. The van der Waals surface area contributed by atoms with E-state index in [0.717, 1.165) is 25.7 Å². The molecule has 1 saturated heterocycles. The second-order valence-electron chi connectivity index (χ2n) is 8.04. The highest BCUT2D eigenvalue weighted by atomic mass is 16.5. The Morgan fingerprint density at radius 1 is 1.08 bits per heavy atom. The summed E-state index contributed by atoms with van der Waals surface area (Å²) in [5, 5.41) is 0. The first-order chi connectivity index (χ1) is 12.0. The Balaban J connectivity index is 1.76. The average Bonchev–Trinajstić information content (AvgIpc) is 2.85. The molecule has 1 aliphatic heterocycles. The number of carbonyl (C=O) groups is 3. The van der Waals surface area contributed by atoms with Crippen molar-refractivity contribution in [2.24, 2.45) is 17.8 Å². The lowest BCUT2D eigenvalue weighted by atomic mass is 9.85. The third-order valence-corrected chi connectivity index (χ3v) is 5.66. The molecule has 1 saturated carbocycles. The average molecular weight is 347 g/mol. The molecule has 2 fully saturated rings. The maximum Gasteiger partial charge on any atom is 0.329 e. The van der Waals surface area contributed by atoms with Crippen LogP contribution >= 0.6 is 0 Å². The van der Waals surface area contributed by atoms with Crippen molar-refractivity contribution in [1.29, 1.82) is 0 Å². The van der Waals surface area contributed by atoms with Crippen LogP contribution in [0.5, 0.6) is 0 Å². The van der Waals surface area contributed by atoms with E-state index in [-0.39, 0.29) is 35.7 Å². The van der Waals surface area contributed by atoms with E-state index in [4.69, 9.17) is 4.74 Å². The first-order valence-corrected chi connectivity index (χ1v) is 9.71. The van der Waals surface area contributed by atoms with Gasteiger partial charge in [0.1, 0.15) is 12.1 Å². The van der Waals surface area contributed by atoms with Gasteiger partial charge in [0.2, 0.25) is 11.8 Å². The zero-order chi connectivity index (χ0) is 18.0. The quantitative estimate of drug-likeness (QED) is 0.435. The number of amides is 2. The molecule has 138 valence electrons. The van der Waals surface area contributed by atoms with E-state index in [0.29, 0.717) is 19.3 Å². The topological polar surface area (TPSA) is 63.7 Å². The fraction of sp³-hybridized carbons (Fsp3) is 0.750. The number of nitrogens with zero attached hydrogens (tertiary/aromatic N) is 1. The predicted octanol–water partition coefficient (Wildman–Crippen LogP) is 3.23. The van der Waals surface area contributed by atoms with E-state index < -0.39 is 12.0 Å². The first-order valence-electron chi connectivity index (χ1n) is 9.71. The molecular formula is C20H29NO4. The van der Waals surface area contributed by atoms with Crippen LogP contribution in [0, 0.1) is 17.8 Å². The number of carbonyl (C=O) groups excluding carboxylic acids is 3. The monoisotopic (exact) mass is 347 g/mol. The van der Waals surface area contributed by atoms with Gasteiger partial charge in [0, 0.05) is 0 Å². The zero-order valence-corrected chi connectivity index (χ0v) is 15.3. The molecule has 5 heteroatoms. The fourth-order valence-electron chi connectivity index (χ4n) is 4.31. The number of fused-ring (bicyclic) bond motifs is 1. The molecule has 0 spiro atoms. The molecule has 0 unspecified atom stereocenters. The number of allylic oxidation sites excluding steroid dienone is 2. The minimum absolute atomic E-state index is 0.0623. The summed E-state index contributed by atoms with van der Waals surface area (Å²) < 4.78 is 5.72. The van der Waals surface area contributed by atoms with Crippen molar-refractivity contribution in [3.63, 3.8) is 0 Å². The second kappa shape index (κ2) is 7.71. The molecule has 0 aromatic rings. The molecule has 0 N–H and O–H groups in total. The van der Waals surface area contributed by atoms with E-state index in [2.05, 4.69) is 0 Å². The van der Waals surface area contributed by atoms with Crippen LogP contribution in [0.1, 0.15) is 65.2 Å². The van der Waals surface area contributed by atoms with E-state index in [1.807, 2.05) is 26.0 Å². The SMILES string of the molecule is CC(C)C[C@@H](C(=O)OC1CCCCC1)N1C(=O)[C@H]2CC=CC[C@H]2C1=O. The third-order valence-electron chi connectivity index (χ3n) is 5.66. The van der Waals surface area contributed by atoms with Crippen molar-refractivity contribution < 1.29 is 19.1 Å². The number of hydrogen-bond donors (Lipinski definition) is 0. The number of imide groups is 1. The smallest absolute Gasteiger partial charge is 0.329 e. The lowest BCUT2D eigenvalue weighted by Crippen LogP contribution is -2.48. The van der Waals surface area contributed by atoms with E-state index >= 15 is 0 Å². The van der Waals surface area contributed by atoms with Crippen LogP contribution in [0.25, 0.3) is 0 Å². The Hall–Kier alpha value is -1.65. The molecule has 3 rings (SSSR count). The predicted molar refractivity (Wildman–Crippen MR) is 93.4 cm³/mol. The highest BCUT2D eigenvalue weighted by molar-refractivity contribution is 6.08. The standard InChI is InChI=1S/C20H29NO4/c1-13(2)12-17(20(24)25-14-8-4-3-5-9-14)21-18(22)15-10-6-7-11-16(15)19(21)23/h6-7,13-17H,3-5,8-12H2,1-2H3/t15-,16+,17-/m0/s1. The molecule has 1 heterocycles. The van der Waals surface area contributed by atoms with Crippen LogP contribution in [-0.4, -0.2) is 34.8 Å². The number of hydrogen-bond acceptors (Lipinski definition) is 4. The van der Waals surface area contributed by atoms with Gasteiger partial charge in [0.15, 0.2) is 0 Å². The minimum Gasteiger partial charge on any atom is -0.461 e. The number of ether oxygens (including phenoxy) is 1. The Kier molecular flexibility index (Phi) is 5.60. The van der Waals surface area contributed by atoms with Crippen molar-refractivity contribution in [3.8, 4) is 0 Å². The fourth-order valence-corrected chi connectivity index (χ4v) is 4.31. The van der Waals surface area contributed by atoms with Crippen LogP contribution in [0.3, 0.4) is 0 Å². The van der Waals surface area contributed by atoms with Crippen molar-refractivity contribution in [1.82, 2.24) is 4.90 Å². The summed E-state index contributed by atoms with van der Waals surface area (Å²) >= 11 is 0. The van der Waals surface area contributed by atoms with Gasteiger partial charge in [-0.1, -0.05) is 32.4 Å². The molecule has 0 aromatic carbocycles. The summed E-state index contributed by atoms with van der Waals surface area (Å²) in [6.45, 7) is 4.00. The van der Waals surface area contributed by atoms with E-state index in [9.17, 15) is 14.4 Å². The molecule has 2 aliphatic carbocycles. The lowest BCUT2D eigenvalue weighted by molar-refractivity contribution is -0.164. The van der Waals surface area contributed by atoms with Crippen LogP contribution in [-0.2, 0) is 19.1 Å². The first kappa shape index (κ1) is 18.2. The summed E-state index contributed by atoms with van der Waals surface area (Å²) in [5.74, 6) is -1.17. The van der Waals surface area contributed by atoms with Gasteiger partial charge >= 0.3 is 5.97 Å². The molecule has 5 nitrogen and oxygen atoms in total. The number of likely N-dealkylation sites (tertiary alicyclic amines) is 1. The number of esters is 1. The van der Waals surface area contributed by atoms with Crippen molar-refractivity contribution in [2.75, 3.05) is 0 Å². The van der Waals surface area contributed by atoms with Gasteiger partial charge < -0.3 is 4.74 Å². The van der Waals surface area contributed by atoms with Gasteiger partial charge in [0.25, 0.3) is 0 Å². The van der Waals surface area contributed by atoms with Crippen molar-refractivity contribution in [3.05, 3.63) is 12.2 Å². The van der Waals surface area contributed by atoms with Gasteiger partial charge in [-0.2, -0.15) is 0 Å². The Morgan fingerprint density at radius 3 is 2.16 bits per heavy atom. The lowest BCUT2D eigenvalue weighted by Gasteiger charge is -2.29. The summed E-state index contributed by atoms with van der Waals surface area (Å²) in [7, 11) is 0. The van der Waals surface area contributed by atoms with Crippen LogP contribution in [0.15, 0.2) is 12.2 Å². The normalized spacial score (nSPS) is 28.4. The molecule has 25 heavy (non-hydrogen) atoms. The molecule has 0 aromatic heterocycles. The maximum absolute atomic E-state index is 12.8. The largest absolute Gasteiger partial charge is 0.461 e. The molecule has 0 radical (unpaired) electrons. The highest BCUT2D eigenvalue weighted by Gasteiger charge is 2.51. The molecule has 3 aliphatic rings. The van der Waals surface area contributed by atoms with Crippen LogP contribution in [0.2, 0.25) is 0 Å². The second-order valence-corrected chi connectivity index (χ2v) is 8.04. The van der Waals surface area contributed by atoms with Gasteiger partial charge in [-0.15, -0.1) is 0 Å². The van der Waals surface area contributed by atoms with Gasteiger partial charge in [-0.05, 0) is 50.9 Å². The molecule has 3 atom stereocenters. The van der Waals surface area contributed by atoms with E-state index in [1.165, 1.54) is 11.3 Å². The Morgan fingerprint density at radius 2 is 1.64 bits per heavy atom. The van der Waals surface area contributed by atoms with Crippen molar-refractivity contribution in [2.45, 2.75) is 77.4 Å². The molecule has 2 amide bonds. The van der Waals surface area contributed by atoms with Gasteiger partial charge in [0.05, 0.1) is 11.8 Å². The van der Waals surface area contributed by atoms with Crippen molar-refractivity contribution >= 4 is 17.8 Å². The van der Waals surface area contributed by atoms with Gasteiger partial charge in [-0.3, -0.25) is 14.5 Å². The Labute approximate surface area is 149 Å². The van der Waals surface area contributed by atoms with E-state index in [1.54, 1.807) is 0 Å². The summed E-state index contributed by atoms with van der Waals surface area (Å²) in [6.07, 6.45) is 10.6.